The van der Waals surface area contributed by atoms with Gasteiger partial charge in [-0.25, -0.2) is 4.39 Å². The van der Waals surface area contributed by atoms with Crippen LogP contribution in [0, 0.1) is 16.7 Å². The molecule has 0 amide bonds. The average Bonchev–Trinajstić information content (AvgIpc) is 3.17. The number of allylic oxidation sites excluding steroid dienone is 1. The van der Waals surface area contributed by atoms with Gasteiger partial charge in [0.25, 0.3) is 0 Å². The van der Waals surface area contributed by atoms with Crippen molar-refractivity contribution in [3.63, 3.8) is 0 Å². The van der Waals surface area contributed by atoms with Crippen LogP contribution in [0.15, 0.2) is 46.1 Å². The SMILES string of the molecule is CC(C)(O)C(F)CN=C/C(=N\N)c1ccc(-c2ccc(/C=C(/C#N)C=N)[nH]2)nc1. The second-order valence-corrected chi connectivity index (χ2v) is 6.75. The van der Waals surface area contributed by atoms with Crippen LogP contribution in [-0.4, -0.2) is 51.5 Å². The summed E-state index contributed by atoms with van der Waals surface area (Å²) in [5, 5.41) is 29.3. The zero-order valence-electron chi connectivity index (χ0n) is 16.1. The maximum Gasteiger partial charge on any atom is 0.147 e. The molecule has 0 saturated heterocycles. The van der Waals surface area contributed by atoms with Crippen LogP contribution < -0.4 is 5.84 Å². The van der Waals surface area contributed by atoms with Crippen LogP contribution in [0.25, 0.3) is 17.5 Å². The molecule has 2 aromatic heterocycles. The number of hydrazone groups is 1. The van der Waals surface area contributed by atoms with E-state index in [1.807, 2.05) is 12.1 Å². The summed E-state index contributed by atoms with van der Waals surface area (Å²) in [4.78, 5) is 11.4. The van der Waals surface area contributed by atoms with Crippen LogP contribution in [0.5, 0.6) is 0 Å². The summed E-state index contributed by atoms with van der Waals surface area (Å²) in [7, 11) is 0. The second kappa shape index (κ2) is 9.52. The van der Waals surface area contributed by atoms with Crippen LogP contribution >= 0.6 is 0 Å². The van der Waals surface area contributed by atoms with Gasteiger partial charge in [-0.2, -0.15) is 10.4 Å². The third-order valence-corrected chi connectivity index (χ3v) is 4.02. The maximum absolute atomic E-state index is 13.7. The highest BCUT2D eigenvalue weighted by atomic mass is 19.1. The second-order valence-electron chi connectivity index (χ2n) is 6.75. The fourth-order valence-corrected chi connectivity index (χ4v) is 2.26. The van der Waals surface area contributed by atoms with Gasteiger partial charge in [-0.1, -0.05) is 0 Å². The Bertz CT molecular complexity index is 975. The highest BCUT2D eigenvalue weighted by molar-refractivity contribution is 6.38. The Labute approximate surface area is 167 Å². The molecule has 29 heavy (non-hydrogen) atoms. The van der Waals surface area contributed by atoms with Crippen molar-refractivity contribution in [1.29, 1.82) is 10.7 Å². The highest BCUT2D eigenvalue weighted by Crippen LogP contribution is 2.18. The van der Waals surface area contributed by atoms with Gasteiger partial charge in [-0.05, 0) is 44.2 Å². The monoisotopic (exact) mass is 395 g/mol. The topological polar surface area (TPSA) is 147 Å². The molecule has 1 unspecified atom stereocenters. The summed E-state index contributed by atoms with van der Waals surface area (Å²) < 4.78 is 13.7. The van der Waals surface area contributed by atoms with Gasteiger partial charge in [0.1, 0.15) is 18.0 Å². The Balaban J connectivity index is 2.13. The molecule has 0 aliphatic heterocycles. The molecule has 9 heteroatoms. The zero-order chi connectivity index (χ0) is 21.4. The van der Waals surface area contributed by atoms with Crippen molar-refractivity contribution in [1.82, 2.24) is 9.97 Å². The van der Waals surface area contributed by atoms with Crippen LogP contribution in [0.4, 0.5) is 4.39 Å². The lowest BCUT2D eigenvalue weighted by Crippen LogP contribution is -2.34. The van der Waals surface area contributed by atoms with Crippen molar-refractivity contribution in [2.75, 3.05) is 6.54 Å². The van der Waals surface area contributed by atoms with E-state index in [4.69, 9.17) is 16.5 Å². The number of nitrogens with two attached hydrogens (primary N) is 1. The molecule has 0 saturated carbocycles. The number of aliphatic hydroxyl groups is 1. The predicted octanol–water partition coefficient (Wildman–Crippen LogP) is 2.48. The third kappa shape index (κ3) is 5.92. The summed E-state index contributed by atoms with van der Waals surface area (Å²) in [5.41, 5.74) is 1.74. The number of rotatable bonds is 8. The van der Waals surface area contributed by atoms with Crippen molar-refractivity contribution in [2.45, 2.75) is 25.6 Å². The zero-order valence-corrected chi connectivity index (χ0v) is 16.1. The molecule has 0 radical (unpaired) electrons. The first-order chi connectivity index (χ1) is 13.8. The molecule has 150 valence electrons. The predicted molar refractivity (Wildman–Crippen MR) is 112 cm³/mol. The summed E-state index contributed by atoms with van der Waals surface area (Å²) in [6.45, 7) is 2.54. The number of hydrogen-bond donors (Lipinski definition) is 4. The van der Waals surface area contributed by atoms with E-state index in [0.29, 0.717) is 22.7 Å². The molecule has 0 aromatic carbocycles. The van der Waals surface area contributed by atoms with E-state index in [9.17, 15) is 9.50 Å². The van der Waals surface area contributed by atoms with Gasteiger partial charge in [-0.15, -0.1) is 0 Å². The van der Waals surface area contributed by atoms with Crippen molar-refractivity contribution in [3.8, 4) is 17.5 Å². The van der Waals surface area contributed by atoms with E-state index in [-0.39, 0.29) is 12.1 Å². The van der Waals surface area contributed by atoms with Crippen LogP contribution in [0.3, 0.4) is 0 Å². The molecule has 0 aliphatic rings. The number of alkyl halides is 1. The molecule has 2 heterocycles. The Morgan fingerprint density at radius 3 is 2.76 bits per heavy atom. The number of nitriles is 1. The van der Waals surface area contributed by atoms with Crippen molar-refractivity contribution in [2.24, 2.45) is 15.9 Å². The largest absolute Gasteiger partial charge is 0.387 e. The van der Waals surface area contributed by atoms with Gasteiger partial charge in [0.15, 0.2) is 0 Å². The summed E-state index contributed by atoms with van der Waals surface area (Å²) in [6.07, 6.45) is 3.93. The summed E-state index contributed by atoms with van der Waals surface area (Å²) in [5.74, 6) is 5.40. The fraction of sp³-hybridized carbons (Fsp3) is 0.250. The number of nitrogens with one attached hydrogen (secondary N) is 2. The summed E-state index contributed by atoms with van der Waals surface area (Å²) >= 11 is 0. The van der Waals surface area contributed by atoms with Crippen LogP contribution in [0.2, 0.25) is 0 Å². The van der Waals surface area contributed by atoms with Crippen LogP contribution in [0.1, 0.15) is 25.1 Å². The molecule has 5 N–H and O–H groups in total. The molecule has 0 aliphatic carbocycles. The van der Waals surface area contributed by atoms with Crippen LogP contribution in [-0.2, 0) is 0 Å². The first kappa shape index (κ1) is 21.7. The Morgan fingerprint density at radius 1 is 1.45 bits per heavy atom. The minimum absolute atomic E-state index is 0.215. The van der Waals surface area contributed by atoms with Gasteiger partial charge >= 0.3 is 0 Å². The molecule has 8 nitrogen and oxygen atoms in total. The lowest BCUT2D eigenvalue weighted by atomic mass is 10.0. The number of halogens is 1. The lowest BCUT2D eigenvalue weighted by Gasteiger charge is -2.20. The maximum atomic E-state index is 13.7. The van der Waals surface area contributed by atoms with Gasteiger partial charge < -0.3 is 21.3 Å². The minimum Gasteiger partial charge on any atom is -0.387 e. The Morgan fingerprint density at radius 2 is 2.21 bits per heavy atom. The standard InChI is InChI=1S/C20H22FN7O/c1-20(2,29)19(21)12-25-11-18(28-24)14-3-5-16(26-10-14)17-6-4-15(27-17)7-13(8-22)9-23/h3-8,10-11,19,22,27,29H,12,24H2,1-2H3/b13-7+,22-8?,25-11?,28-18+. The van der Waals surface area contributed by atoms with E-state index < -0.39 is 11.8 Å². The number of aliphatic imine (C=N–C) groups is 1. The molecule has 2 rings (SSSR count). The highest BCUT2D eigenvalue weighted by Gasteiger charge is 2.25. The van der Waals surface area contributed by atoms with E-state index in [1.165, 1.54) is 20.1 Å². The van der Waals surface area contributed by atoms with E-state index in [0.717, 1.165) is 11.9 Å². The van der Waals surface area contributed by atoms with Crippen molar-refractivity contribution >= 4 is 24.2 Å². The van der Waals surface area contributed by atoms with Crippen molar-refractivity contribution in [3.05, 3.63) is 47.3 Å². The van der Waals surface area contributed by atoms with E-state index in [2.05, 4.69) is 20.1 Å². The quantitative estimate of drug-likeness (QED) is 0.235. The molecular formula is C20H22FN7O. The van der Waals surface area contributed by atoms with Gasteiger partial charge in [0.2, 0.25) is 0 Å². The third-order valence-electron chi connectivity index (χ3n) is 4.02. The smallest absolute Gasteiger partial charge is 0.147 e. The molecule has 2 aromatic rings. The van der Waals surface area contributed by atoms with E-state index >= 15 is 0 Å². The minimum atomic E-state index is -1.51. The molecule has 0 fully saturated rings. The first-order valence-electron chi connectivity index (χ1n) is 8.70. The number of aromatic nitrogens is 2. The van der Waals surface area contributed by atoms with Gasteiger partial charge in [0, 0.05) is 29.9 Å². The molecule has 0 spiro atoms. The number of hydrogen-bond acceptors (Lipinski definition) is 7. The van der Waals surface area contributed by atoms with E-state index in [1.54, 1.807) is 30.5 Å². The number of pyridine rings is 1. The fourth-order valence-electron chi connectivity index (χ4n) is 2.26. The van der Waals surface area contributed by atoms with Gasteiger partial charge in [0.05, 0.1) is 29.1 Å². The first-order valence-corrected chi connectivity index (χ1v) is 8.70. The number of aromatic amines is 1. The molecular weight excluding hydrogens is 373 g/mol. The molecule has 0 bridgehead atoms. The Kier molecular flexibility index (Phi) is 7.11. The molecule has 1 atom stereocenters. The summed E-state index contributed by atoms with van der Waals surface area (Å²) in [6, 6.07) is 9.01. The Hall–Kier alpha value is -3.64. The van der Waals surface area contributed by atoms with Gasteiger partial charge in [-0.3, -0.25) is 9.98 Å². The number of H-pyrrole nitrogens is 1. The lowest BCUT2D eigenvalue weighted by molar-refractivity contribution is 0.00172. The van der Waals surface area contributed by atoms with Crippen molar-refractivity contribution < 1.29 is 9.50 Å². The normalized spacial score (nSPS) is 14.0. The number of nitrogens with zero attached hydrogens (tertiary/aromatic N) is 4. The average molecular weight is 395 g/mol.